The quantitative estimate of drug-likeness (QED) is 0.525. The van der Waals surface area contributed by atoms with Gasteiger partial charge in [0.1, 0.15) is 18.9 Å². The first-order chi connectivity index (χ1) is 16.0. The number of halogens is 1. The summed E-state index contributed by atoms with van der Waals surface area (Å²) in [5, 5.41) is 0. The van der Waals surface area contributed by atoms with Crippen LogP contribution in [0.4, 0.5) is 4.39 Å². The van der Waals surface area contributed by atoms with Crippen LogP contribution in [-0.4, -0.2) is 34.3 Å². The van der Waals surface area contributed by atoms with Crippen LogP contribution in [0.5, 0.6) is 0 Å². The Morgan fingerprint density at radius 2 is 1.73 bits per heavy atom. The van der Waals surface area contributed by atoms with Crippen molar-refractivity contribution in [3.63, 3.8) is 0 Å². The number of ether oxygens (including phenoxy) is 3. The first-order valence-electron chi connectivity index (χ1n) is 10.5. The van der Waals surface area contributed by atoms with E-state index in [0.717, 1.165) is 21.9 Å². The minimum absolute atomic E-state index is 0.0950. The monoisotopic (exact) mass is 454 g/mol. The molecule has 0 spiro atoms. The Hall–Kier alpha value is -3.56. The molecule has 2 aromatic carbocycles. The summed E-state index contributed by atoms with van der Waals surface area (Å²) in [5.74, 6) is -1.53. The molecule has 1 aliphatic heterocycles. The number of benzene rings is 2. The fourth-order valence-electron chi connectivity index (χ4n) is 3.64. The summed E-state index contributed by atoms with van der Waals surface area (Å²) in [4.78, 5) is 37.7. The largest absolute Gasteiger partial charge is 0.463 e. The number of aromatic nitrogens is 2. The van der Waals surface area contributed by atoms with E-state index in [2.05, 4.69) is 0 Å². The fraction of sp³-hybridized carbons (Fsp3) is 0.292. The molecule has 0 saturated carbocycles. The van der Waals surface area contributed by atoms with E-state index in [4.69, 9.17) is 14.2 Å². The minimum Gasteiger partial charge on any atom is -0.463 e. The van der Waals surface area contributed by atoms with E-state index in [-0.39, 0.29) is 26.1 Å². The second kappa shape index (κ2) is 10.4. The highest BCUT2D eigenvalue weighted by molar-refractivity contribution is 5.72. The molecule has 0 aliphatic carbocycles. The molecule has 1 aliphatic rings. The Morgan fingerprint density at radius 3 is 2.42 bits per heavy atom. The molecule has 2 heterocycles. The molecule has 0 radical (unpaired) electrons. The smallest absolute Gasteiger partial charge is 0.330 e. The van der Waals surface area contributed by atoms with Crippen LogP contribution in [0, 0.1) is 5.82 Å². The number of H-pyrrole nitrogens is 1. The van der Waals surface area contributed by atoms with Crippen LogP contribution in [0.2, 0.25) is 0 Å². The Balaban J connectivity index is 1.45. The first-order valence-corrected chi connectivity index (χ1v) is 10.5. The van der Waals surface area contributed by atoms with Crippen molar-refractivity contribution in [3.05, 3.63) is 105 Å². The molecule has 9 heteroatoms. The van der Waals surface area contributed by atoms with Crippen LogP contribution in [0.15, 0.2) is 76.4 Å². The lowest BCUT2D eigenvalue weighted by Gasteiger charge is -2.19. The van der Waals surface area contributed by atoms with Crippen molar-refractivity contribution in [2.75, 3.05) is 6.61 Å². The lowest BCUT2D eigenvalue weighted by molar-refractivity contribution is -0.150. The van der Waals surface area contributed by atoms with Crippen molar-refractivity contribution < 1.29 is 23.4 Å². The van der Waals surface area contributed by atoms with Gasteiger partial charge in [0.2, 0.25) is 5.82 Å². The number of carbonyl (C=O) groups excluding carboxylic acids is 1. The highest BCUT2D eigenvalue weighted by Gasteiger charge is 2.38. The van der Waals surface area contributed by atoms with Gasteiger partial charge in [-0.3, -0.25) is 19.1 Å². The number of nitrogens with one attached hydrogen (secondary N) is 1. The maximum Gasteiger partial charge on any atom is 0.330 e. The molecule has 3 atom stereocenters. The van der Waals surface area contributed by atoms with Crippen LogP contribution < -0.4 is 11.2 Å². The zero-order chi connectivity index (χ0) is 23.2. The third kappa shape index (κ3) is 5.82. The molecular formula is C24H23FN2O6. The predicted octanol–water partition coefficient (Wildman–Crippen LogP) is 2.33. The van der Waals surface area contributed by atoms with E-state index < -0.39 is 41.5 Å². The third-order valence-corrected chi connectivity index (χ3v) is 5.32. The highest BCUT2D eigenvalue weighted by Crippen LogP contribution is 2.31. The molecule has 3 aromatic rings. The Morgan fingerprint density at radius 1 is 1.06 bits per heavy atom. The molecule has 4 rings (SSSR count). The van der Waals surface area contributed by atoms with Crippen molar-refractivity contribution in [3.8, 4) is 0 Å². The van der Waals surface area contributed by atoms with Crippen molar-refractivity contribution in [1.29, 1.82) is 0 Å². The lowest BCUT2D eigenvalue weighted by Crippen LogP contribution is -2.34. The molecular weight excluding hydrogens is 431 g/mol. The number of esters is 1. The summed E-state index contributed by atoms with van der Waals surface area (Å²) >= 11 is 0. The van der Waals surface area contributed by atoms with Crippen LogP contribution in [0.1, 0.15) is 23.8 Å². The van der Waals surface area contributed by atoms with Gasteiger partial charge < -0.3 is 14.2 Å². The first kappa shape index (κ1) is 22.6. The number of hydrogen-bond donors (Lipinski definition) is 1. The molecule has 1 aromatic heterocycles. The van der Waals surface area contributed by atoms with Crippen LogP contribution in [-0.2, 0) is 32.0 Å². The molecule has 1 saturated heterocycles. The lowest BCUT2D eigenvalue weighted by atomic mass is 10.1. The number of carbonyl (C=O) groups is 1. The molecule has 8 nitrogen and oxygen atoms in total. The summed E-state index contributed by atoms with van der Waals surface area (Å²) < 4.78 is 32.1. The number of nitrogens with zero attached hydrogens (tertiary/aromatic N) is 1. The highest BCUT2D eigenvalue weighted by atomic mass is 19.1. The molecule has 0 amide bonds. The van der Waals surface area contributed by atoms with Gasteiger partial charge in [-0.1, -0.05) is 60.7 Å². The van der Waals surface area contributed by atoms with Crippen LogP contribution >= 0.6 is 0 Å². The Kier molecular flexibility index (Phi) is 7.11. The van der Waals surface area contributed by atoms with E-state index in [9.17, 15) is 18.8 Å². The zero-order valence-electron chi connectivity index (χ0n) is 17.7. The fourth-order valence-corrected chi connectivity index (χ4v) is 3.64. The molecule has 1 N–H and O–H groups in total. The van der Waals surface area contributed by atoms with Gasteiger partial charge in [0, 0.05) is 6.42 Å². The van der Waals surface area contributed by atoms with E-state index >= 15 is 0 Å². The topological polar surface area (TPSA) is 99.6 Å². The van der Waals surface area contributed by atoms with Crippen molar-refractivity contribution in [2.24, 2.45) is 0 Å². The van der Waals surface area contributed by atoms with Gasteiger partial charge in [-0.25, -0.2) is 4.79 Å². The second-order valence-corrected chi connectivity index (χ2v) is 7.69. The molecule has 0 unspecified atom stereocenters. The van der Waals surface area contributed by atoms with Gasteiger partial charge in [-0.2, -0.15) is 4.39 Å². The van der Waals surface area contributed by atoms with E-state index in [1.165, 1.54) is 0 Å². The molecule has 1 fully saturated rings. The predicted molar refractivity (Wildman–Crippen MR) is 116 cm³/mol. The van der Waals surface area contributed by atoms with Crippen molar-refractivity contribution in [1.82, 2.24) is 9.55 Å². The van der Waals surface area contributed by atoms with E-state index in [1.54, 1.807) is 0 Å². The van der Waals surface area contributed by atoms with Gasteiger partial charge in [0.15, 0.2) is 0 Å². The van der Waals surface area contributed by atoms with E-state index in [0.29, 0.717) is 0 Å². The summed E-state index contributed by atoms with van der Waals surface area (Å²) in [5.41, 5.74) is -0.139. The third-order valence-electron chi connectivity index (χ3n) is 5.32. The number of rotatable bonds is 8. The average Bonchev–Trinajstić information content (AvgIpc) is 3.23. The number of hydrogen-bond acceptors (Lipinski definition) is 6. The SMILES string of the molecule is O=C(Cc1ccccc1)OC[C@H]1O[C@@H](n2cc(F)c(=O)[nH]c2=O)C[C@@H]1OCc1ccccc1. The number of aromatic amines is 1. The zero-order valence-corrected chi connectivity index (χ0v) is 17.7. The average molecular weight is 454 g/mol. The molecule has 0 bridgehead atoms. The van der Waals surface area contributed by atoms with Gasteiger partial charge in [0.25, 0.3) is 5.56 Å². The second-order valence-electron chi connectivity index (χ2n) is 7.69. The normalized spacial score (nSPS) is 20.0. The van der Waals surface area contributed by atoms with Crippen molar-refractivity contribution >= 4 is 5.97 Å². The van der Waals surface area contributed by atoms with Gasteiger partial charge in [-0.05, 0) is 11.1 Å². The standard InChI is InChI=1S/C24H23FN2O6/c25-18-13-27(24(30)26-23(18)29)21-12-19(31-14-17-9-5-2-6-10-17)20(33-21)15-32-22(28)11-16-7-3-1-4-8-16/h1-10,13,19-21H,11-12,14-15H2,(H,26,29,30)/t19-,20+,21+/m0/s1. The van der Waals surface area contributed by atoms with Crippen LogP contribution in [0.3, 0.4) is 0 Å². The maximum atomic E-state index is 13.8. The van der Waals surface area contributed by atoms with Crippen molar-refractivity contribution in [2.45, 2.75) is 37.9 Å². The Labute approximate surface area is 188 Å². The van der Waals surface area contributed by atoms with Gasteiger partial charge >= 0.3 is 11.7 Å². The van der Waals surface area contributed by atoms with E-state index in [1.807, 2.05) is 65.6 Å². The molecule has 33 heavy (non-hydrogen) atoms. The summed E-state index contributed by atoms with van der Waals surface area (Å²) in [6.07, 6.45) is -0.968. The van der Waals surface area contributed by atoms with Gasteiger partial charge in [0.05, 0.1) is 25.3 Å². The summed E-state index contributed by atoms with van der Waals surface area (Å²) in [7, 11) is 0. The Bertz CT molecular complexity index is 1190. The van der Waals surface area contributed by atoms with Crippen LogP contribution in [0.25, 0.3) is 0 Å². The summed E-state index contributed by atoms with van der Waals surface area (Å²) in [6.45, 7) is 0.188. The minimum atomic E-state index is -1.10. The van der Waals surface area contributed by atoms with Gasteiger partial charge in [-0.15, -0.1) is 0 Å². The molecule has 172 valence electrons. The summed E-state index contributed by atoms with van der Waals surface area (Å²) in [6, 6.07) is 18.7. The maximum absolute atomic E-state index is 13.8.